The summed E-state index contributed by atoms with van der Waals surface area (Å²) in [7, 11) is 0. The molecule has 0 aliphatic rings. The van der Waals surface area contributed by atoms with E-state index in [-0.39, 0.29) is 11.6 Å². The second-order valence-corrected chi connectivity index (χ2v) is 3.97. The lowest BCUT2D eigenvalue weighted by Gasteiger charge is -2.02. The average Bonchev–Trinajstić information content (AvgIpc) is 2.98. The number of hydrogen-bond donors (Lipinski definition) is 4. The summed E-state index contributed by atoms with van der Waals surface area (Å²) in [6.07, 6.45) is 4.94. The van der Waals surface area contributed by atoms with E-state index in [9.17, 15) is 4.79 Å². The Kier molecular flexibility index (Phi) is 3.61. The van der Waals surface area contributed by atoms with Crippen molar-refractivity contribution in [2.24, 2.45) is 0 Å². The van der Waals surface area contributed by atoms with Gasteiger partial charge in [-0.3, -0.25) is 9.89 Å². The number of hydrogen-bond acceptors (Lipinski definition) is 4. The number of carbonyl (C=O) groups is 1. The summed E-state index contributed by atoms with van der Waals surface area (Å²) in [6.45, 7) is 2.41. The van der Waals surface area contributed by atoms with Crippen LogP contribution in [0.5, 0.6) is 0 Å². The van der Waals surface area contributed by atoms with E-state index in [2.05, 4.69) is 25.5 Å². The van der Waals surface area contributed by atoms with Crippen molar-refractivity contribution in [1.29, 1.82) is 0 Å². The molecule has 96 valence electrons. The van der Waals surface area contributed by atoms with Gasteiger partial charge in [0.15, 0.2) is 5.69 Å². The molecule has 0 bridgehead atoms. The number of aryl methyl sites for hydroxylation is 1. The second-order valence-electron chi connectivity index (χ2n) is 3.97. The summed E-state index contributed by atoms with van der Waals surface area (Å²) in [6, 6.07) is 0. The van der Waals surface area contributed by atoms with Gasteiger partial charge < -0.3 is 16.0 Å². The lowest BCUT2D eigenvalue weighted by molar-refractivity contribution is 0.0946. The van der Waals surface area contributed by atoms with Crippen LogP contribution in [0.1, 0.15) is 35.2 Å². The summed E-state index contributed by atoms with van der Waals surface area (Å²) in [4.78, 5) is 18.6. The maximum absolute atomic E-state index is 11.9. The van der Waals surface area contributed by atoms with Gasteiger partial charge >= 0.3 is 0 Å². The van der Waals surface area contributed by atoms with Gasteiger partial charge in [-0.1, -0.05) is 13.3 Å². The van der Waals surface area contributed by atoms with Crippen molar-refractivity contribution in [3.05, 3.63) is 29.6 Å². The molecule has 18 heavy (non-hydrogen) atoms. The molecule has 5 N–H and O–H groups in total. The fourth-order valence-electron chi connectivity index (χ4n) is 1.64. The third-order valence-corrected chi connectivity index (χ3v) is 2.59. The molecule has 0 saturated heterocycles. The molecule has 0 spiro atoms. The minimum absolute atomic E-state index is 0.248. The van der Waals surface area contributed by atoms with Crippen LogP contribution in [-0.2, 0) is 13.0 Å². The van der Waals surface area contributed by atoms with Crippen molar-refractivity contribution in [3.63, 3.8) is 0 Å². The number of nitrogens with zero attached hydrogens (tertiary/aromatic N) is 2. The Morgan fingerprint density at radius 3 is 3.06 bits per heavy atom. The third-order valence-electron chi connectivity index (χ3n) is 2.59. The second kappa shape index (κ2) is 5.35. The van der Waals surface area contributed by atoms with Gasteiger partial charge in [0, 0.05) is 6.20 Å². The minimum atomic E-state index is -0.291. The number of carbonyl (C=O) groups excluding carboxylic acids is 1. The molecular formula is C11H16N6O. The Morgan fingerprint density at radius 2 is 2.39 bits per heavy atom. The van der Waals surface area contributed by atoms with E-state index in [0.29, 0.717) is 12.2 Å². The van der Waals surface area contributed by atoms with E-state index in [1.54, 1.807) is 12.5 Å². The highest BCUT2D eigenvalue weighted by Crippen LogP contribution is 2.15. The van der Waals surface area contributed by atoms with Crippen molar-refractivity contribution >= 4 is 11.6 Å². The largest absolute Gasteiger partial charge is 0.395 e. The van der Waals surface area contributed by atoms with Crippen LogP contribution in [0, 0.1) is 0 Å². The van der Waals surface area contributed by atoms with Gasteiger partial charge in [-0.05, 0) is 6.42 Å². The Bertz CT molecular complexity index is 516. The first kappa shape index (κ1) is 12.2. The molecule has 2 aromatic rings. The van der Waals surface area contributed by atoms with Crippen molar-refractivity contribution in [2.45, 2.75) is 26.3 Å². The molecule has 0 aromatic carbocycles. The normalized spacial score (nSPS) is 10.5. The van der Waals surface area contributed by atoms with Gasteiger partial charge in [-0.15, -0.1) is 0 Å². The molecule has 1 amide bonds. The van der Waals surface area contributed by atoms with Crippen LogP contribution in [0.3, 0.4) is 0 Å². The number of rotatable bonds is 5. The minimum Gasteiger partial charge on any atom is -0.395 e. The van der Waals surface area contributed by atoms with E-state index >= 15 is 0 Å². The predicted molar refractivity (Wildman–Crippen MR) is 66.8 cm³/mol. The number of nitrogen functional groups attached to an aromatic ring is 1. The topological polar surface area (TPSA) is 112 Å². The Morgan fingerprint density at radius 1 is 1.56 bits per heavy atom. The van der Waals surface area contributed by atoms with E-state index in [4.69, 9.17) is 5.73 Å². The summed E-state index contributed by atoms with van der Waals surface area (Å²) in [5.41, 5.74) is 8.18. The number of nitrogens with one attached hydrogen (secondary N) is 3. The van der Waals surface area contributed by atoms with Crippen molar-refractivity contribution in [2.75, 3.05) is 5.73 Å². The molecule has 2 aromatic heterocycles. The van der Waals surface area contributed by atoms with Crippen molar-refractivity contribution in [1.82, 2.24) is 25.5 Å². The molecule has 2 rings (SSSR count). The molecule has 0 atom stereocenters. The highest BCUT2D eigenvalue weighted by Gasteiger charge is 2.16. The van der Waals surface area contributed by atoms with E-state index in [1.807, 2.05) is 6.92 Å². The molecule has 0 aliphatic heterocycles. The van der Waals surface area contributed by atoms with E-state index in [0.717, 1.165) is 24.2 Å². The average molecular weight is 248 g/mol. The van der Waals surface area contributed by atoms with E-state index in [1.165, 1.54) is 0 Å². The molecule has 0 saturated carbocycles. The Balaban J connectivity index is 2.00. The maximum atomic E-state index is 11.9. The molecule has 2 heterocycles. The van der Waals surface area contributed by atoms with Crippen LogP contribution in [-0.4, -0.2) is 26.1 Å². The van der Waals surface area contributed by atoms with Crippen molar-refractivity contribution in [3.8, 4) is 0 Å². The van der Waals surface area contributed by atoms with Gasteiger partial charge in [0.25, 0.3) is 5.91 Å². The lowest BCUT2D eigenvalue weighted by atomic mass is 10.2. The number of aromatic amines is 2. The zero-order valence-electron chi connectivity index (χ0n) is 10.2. The molecule has 0 unspecified atom stereocenters. The summed E-state index contributed by atoms with van der Waals surface area (Å²) in [5, 5.41) is 9.46. The molecule has 0 aliphatic carbocycles. The number of anilines is 1. The summed E-state index contributed by atoms with van der Waals surface area (Å²) < 4.78 is 0. The zero-order valence-corrected chi connectivity index (χ0v) is 10.2. The van der Waals surface area contributed by atoms with Crippen LogP contribution in [0.15, 0.2) is 12.5 Å². The monoisotopic (exact) mass is 248 g/mol. The van der Waals surface area contributed by atoms with Gasteiger partial charge in [-0.25, -0.2) is 4.98 Å². The molecule has 0 fully saturated rings. The van der Waals surface area contributed by atoms with Gasteiger partial charge in [0.2, 0.25) is 0 Å². The van der Waals surface area contributed by atoms with Gasteiger partial charge in [-0.2, -0.15) is 5.10 Å². The summed E-state index contributed by atoms with van der Waals surface area (Å²) in [5.74, 6) is -0.291. The van der Waals surface area contributed by atoms with Crippen LogP contribution in [0.2, 0.25) is 0 Å². The van der Waals surface area contributed by atoms with Gasteiger partial charge in [0.05, 0.1) is 29.9 Å². The first-order valence-corrected chi connectivity index (χ1v) is 5.80. The highest BCUT2D eigenvalue weighted by atomic mass is 16.1. The number of aromatic nitrogens is 4. The predicted octanol–water partition coefficient (Wildman–Crippen LogP) is 0.597. The SMILES string of the molecule is CCCc1[nH]nc(C(=O)NCc2cnc[nH]2)c1N. The third kappa shape index (κ3) is 2.50. The molecular weight excluding hydrogens is 232 g/mol. The number of amides is 1. The zero-order chi connectivity index (χ0) is 13.0. The van der Waals surface area contributed by atoms with E-state index < -0.39 is 0 Å². The molecule has 7 nitrogen and oxygen atoms in total. The number of nitrogens with two attached hydrogens (primary N) is 1. The van der Waals surface area contributed by atoms with Crippen LogP contribution < -0.4 is 11.1 Å². The van der Waals surface area contributed by atoms with Crippen LogP contribution in [0.25, 0.3) is 0 Å². The van der Waals surface area contributed by atoms with Gasteiger partial charge in [0.1, 0.15) is 0 Å². The highest BCUT2D eigenvalue weighted by molar-refractivity contribution is 5.97. The fraction of sp³-hybridized carbons (Fsp3) is 0.364. The Hall–Kier alpha value is -2.31. The van der Waals surface area contributed by atoms with Crippen LogP contribution >= 0.6 is 0 Å². The Labute approximate surface area is 104 Å². The summed E-state index contributed by atoms with van der Waals surface area (Å²) >= 11 is 0. The number of H-pyrrole nitrogens is 2. The first-order valence-electron chi connectivity index (χ1n) is 5.80. The lowest BCUT2D eigenvalue weighted by Crippen LogP contribution is -2.24. The maximum Gasteiger partial charge on any atom is 0.274 e. The fourth-order valence-corrected chi connectivity index (χ4v) is 1.64. The molecule has 0 radical (unpaired) electrons. The number of imidazole rings is 1. The quantitative estimate of drug-likeness (QED) is 0.620. The van der Waals surface area contributed by atoms with Crippen LogP contribution in [0.4, 0.5) is 5.69 Å². The van der Waals surface area contributed by atoms with Crippen molar-refractivity contribution < 1.29 is 4.79 Å². The standard InChI is InChI=1S/C11H16N6O/c1-2-3-8-9(12)10(17-16-8)11(18)14-5-7-4-13-6-15-7/h4,6H,2-3,5,12H2,1H3,(H,13,15)(H,14,18)(H,16,17). The molecule has 7 heteroatoms. The first-order chi connectivity index (χ1) is 8.72. The smallest absolute Gasteiger partial charge is 0.274 e.